The Balaban J connectivity index is 1.85. The highest BCUT2D eigenvalue weighted by Gasteiger charge is 2.34. The van der Waals surface area contributed by atoms with E-state index < -0.39 is 10.0 Å². The third-order valence-electron chi connectivity index (χ3n) is 4.07. The Morgan fingerprint density at radius 2 is 1.82 bits per heavy atom. The summed E-state index contributed by atoms with van der Waals surface area (Å²) in [4.78, 5) is 0. The van der Waals surface area contributed by atoms with Gasteiger partial charge in [-0.15, -0.1) is 0 Å². The van der Waals surface area contributed by atoms with Gasteiger partial charge in [0.1, 0.15) is 0 Å². The fourth-order valence-electron chi connectivity index (χ4n) is 2.61. The van der Waals surface area contributed by atoms with Crippen molar-refractivity contribution in [3.8, 4) is 0 Å². The zero-order chi connectivity index (χ0) is 12.4. The molecule has 0 atom stereocenters. The van der Waals surface area contributed by atoms with Gasteiger partial charge in [0, 0.05) is 18.6 Å². The van der Waals surface area contributed by atoms with Gasteiger partial charge in [-0.05, 0) is 31.6 Å². The summed E-state index contributed by atoms with van der Waals surface area (Å²) in [6, 6.07) is 0. The maximum absolute atomic E-state index is 11.8. The molecule has 17 heavy (non-hydrogen) atoms. The summed E-state index contributed by atoms with van der Waals surface area (Å²) in [6.45, 7) is 0.511. The molecule has 2 N–H and O–H groups in total. The van der Waals surface area contributed by atoms with E-state index in [4.69, 9.17) is 0 Å². The van der Waals surface area contributed by atoms with Crippen LogP contribution in [0.15, 0.2) is 0 Å². The van der Waals surface area contributed by atoms with Gasteiger partial charge in [0.25, 0.3) is 0 Å². The Bertz CT molecular complexity index is 343. The van der Waals surface area contributed by atoms with Crippen molar-refractivity contribution in [3.63, 3.8) is 0 Å². The van der Waals surface area contributed by atoms with Gasteiger partial charge in [0.15, 0.2) is 0 Å². The van der Waals surface area contributed by atoms with Crippen molar-refractivity contribution in [2.75, 3.05) is 18.9 Å². The van der Waals surface area contributed by atoms with E-state index in [1.807, 2.05) is 0 Å². The lowest BCUT2D eigenvalue weighted by Crippen LogP contribution is -2.42. The van der Waals surface area contributed by atoms with Gasteiger partial charge in [-0.25, -0.2) is 13.1 Å². The van der Waals surface area contributed by atoms with Crippen molar-refractivity contribution < 1.29 is 13.5 Å². The molecule has 0 saturated heterocycles. The zero-order valence-corrected chi connectivity index (χ0v) is 11.1. The summed E-state index contributed by atoms with van der Waals surface area (Å²) in [5, 5.41) is 9.50. The quantitative estimate of drug-likeness (QED) is 0.756. The van der Waals surface area contributed by atoms with E-state index in [0.29, 0.717) is 12.5 Å². The second-order valence-corrected chi connectivity index (χ2v) is 7.62. The average Bonchev–Trinajstić information content (AvgIpc) is 3.11. The minimum absolute atomic E-state index is 0.0962. The third kappa shape index (κ3) is 3.93. The van der Waals surface area contributed by atoms with Crippen LogP contribution in [-0.2, 0) is 10.0 Å². The molecule has 0 aromatic carbocycles. The van der Waals surface area contributed by atoms with Gasteiger partial charge >= 0.3 is 0 Å². The Morgan fingerprint density at radius 1 is 1.18 bits per heavy atom. The Labute approximate surface area is 104 Å². The Hall–Kier alpha value is -0.130. The van der Waals surface area contributed by atoms with Crippen molar-refractivity contribution in [3.05, 3.63) is 0 Å². The monoisotopic (exact) mass is 261 g/mol. The van der Waals surface area contributed by atoms with Crippen LogP contribution in [0.25, 0.3) is 0 Å². The lowest BCUT2D eigenvalue weighted by molar-refractivity contribution is 0.0867. The van der Waals surface area contributed by atoms with Crippen LogP contribution in [0.2, 0.25) is 0 Å². The topological polar surface area (TPSA) is 66.4 Å². The van der Waals surface area contributed by atoms with Crippen LogP contribution in [0.3, 0.4) is 0 Å². The lowest BCUT2D eigenvalue weighted by atomic mass is 9.75. The number of aliphatic hydroxyl groups is 1. The van der Waals surface area contributed by atoms with E-state index >= 15 is 0 Å². The largest absolute Gasteiger partial charge is 0.396 e. The minimum Gasteiger partial charge on any atom is -0.396 e. The van der Waals surface area contributed by atoms with Crippen LogP contribution >= 0.6 is 0 Å². The van der Waals surface area contributed by atoms with Crippen LogP contribution in [0, 0.1) is 11.3 Å². The van der Waals surface area contributed by atoms with Crippen LogP contribution in [-0.4, -0.2) is 32.4 Å². The summed E-state index contributed by atoms with van der Waals surface area (Å²) in [5.74, 6) is 0.651. The molecule has 0 amide bonds. The van der Waals surface area contributed by atoms with Gasteiger partial charge in [0.05, 0.1) is 5.75 Å². The molecule has 0 radical (unpaired) electrons. The van der Waals surface area contributed by atoms with Crippen molar-refractivity contribution in [2.24, 2.45) is 11.3 Å². The minimum atomic E-state index is -3.13. The highest BCUT2D eigenvalue weighted by Crippen LogP contribution is 2.35. The molecule has 2 saturated carbocycles. The highest BCUT2D eigenvalue weighted by molar-refractivity contribution is 7.89. The number of rotatable bonds is 6. The smallest absolute Gasteiger partial charge is 0.211 e. The molecule has 2 fully saturated rings. The van der Waals surface area contributed by atoms with Gasteiger partial charge in [0.2, 0.25) is 10.0 Å². The Kier molecular flexibility index (Phi) is 4.10. The summed E-state index contributed by atoms with van der Waals surface area (Å²) in [5.41, 5.74) is -0.200. The van der Waals surface area contributed by atoms with Crippen molar-refractivity contribution in [1.82, 2.24) is 4.72 Å². The molecular formula is C12H23NO3S. The third-order valence-corrected chi connectivity index (χ3v) is 5.56. The number of aliphatic hydroxyl groups excluding tert-OH is 1. The predicted octanol–water partition coefficient (Wildman–Crippen LogP) is 1.26. The molecule has 0 unspecified atom stereocenters. The van der Waals surface area contributed by atoms with Crippen LogP contribution in [0.5, 0.6) is 0 Å². The molecule has 2 aliphatic rings. The number of hydrogen-bond donors (Lipinski definition) is 2. The molecule has 2 rings (SSSR count). The van der Waals surface area contributed by atoms with Crippen LogP contribution in [0.1, 0.15) is 44.9 Å². The van der Waals surface area contributed by atoms with Crippen LogP contribution < -0.4 is 4.72 Å². The maximum Gasteiger partial charge on any atom is 0.211 e. The average molecular weight is 261 g/mol. The molecule has 0 aliphatic heterocycles. The van der Waals surface area contributed by atoms with Gasteiger partial charge in [-0.3, -0.25) is 0 Å². The standard InChI is InChI=1S/C12H23NO3S/c14-10-12(6-2-1-3-7-12)9-13-17(15,16)8-11-4-5-11/h11,13-14H,1-10H2. The summed E-state index contributed by atoms with van der Waals surface area (Å²) < 4.78 is 26.3. The lowest BCUT2D eigenvalue weighted by Gasteiger charge is -2.35. The van der Waals surface area contributed by atoms with Crippen molar-refractivity contribution in [2.45, 2.75) is 44.9 Å². The molecule has 5 heteroatoms. The number of sulfonamides is 1. The van der Waals surface area contributed by atoms with E-state index in [2.05, 4.69) is 4.72 Å². The highest BCUT2D eigenvalue weighted by atomic mass is 32.2. The SMILES string of the molecule is O=S(=O)(CC1CC1)NCC1(CO)CCCCC1. The Morgan fingerprint density at radius 3 is 2.35 bits per heavy atom. The first-order chi connectivity index (χ1) is 8.05. The second-order valence-electron chi connectivity index (χ2n) is 5.76. The van der Waals surface area contributed by atoms with Gasteiger partial charge in [-0.1, -0.05) is 19.3 Å². The maximum atomic E-state index is 11.8. The van der Waals surface area contributed by atoms with Crippen molar-refractivity contribution >= 4 is 10.0 Å². The second kappa shape index (κ2) is 5.24. The van der Waals surface area contributed by atoms with Crippen molar-refractivity contribution in [1.29, 1.82) is 0 Å². The summed E-state index contributed by atoms with van der Waals surface area (Å²) in [7, 11) is -3.13. The first-order valence-electron chi connectivity index (χ1n) is 6.63. The van der Waals surface area contributed by atoms with E-state index in [1.54, 1.807) is 0 Å². The molecule has 4 nitrogen and oxygen atoms in total. The van der Waals surface area contributed by atoms with E-state index in [-0.39, 0.29) is 17.8 Å². The molecule has 0 spiro atoms. The van der Waals surface area contributed by atoms with Gasteiger partial charge in [-0.2, -0.15) is 0 Å². The number of hydrogen-bond acceptors (Lipinski definition) is 3. The first kappa shape index (κ1) is 13.3. The molecule has 0 aromatic heterocycles. The van der Waals surface area contributed by atoms with E-state index in [0.717, 1.165) is 38.5 Å². The molecular weight excluding hydrogens is 238 g/mol. The fraction of sp³-hybridized carbons (Fsp3) is 1.00. The fourth-order valence-corrected chi connectivity index (χ4v) is 4.21. The predicted molar refractivity (Wildman–Crippen MR) is 67.1 cm³/mol. The molecule has 0 aromatic rings. The van der Waals surface area contributed by atoms with Gasteiger partial charge < -0.3 is 5.11 Å². The van der Waals surface area contributed by atoms with Crippen LogP contribution in [0.4, 0.5) is 0 Å². The number of nitrogens with one attached hydrogen (secondary N) is 1. The molecule has 2 aliphatic carbocycles. The zero-order valence-electron chi connectivity index (χ0n) is 10.3. The summed E-state index contributed by atoms with van der Waals surface area (Å²) in [6.07, 6.45) is 7.38. The summed E-state index contributed by atoms with van der Waals surface area (Å²) >= 11 is 0. The molecule has 0 heterocycles. The van der Waals surface area contributed by atoms with E-state index in [9.17, 15) is 13.5 Å². The molecule has 100 valence electrons. The molecule has 0 bridgehead atoms. The first-order valence-corrected chi connectivity index (χ1v) is 8.29. The van der Waals surface area contributed by atoms with E-state index in [1.165, 1.54) is 6.42 Å². The normalized spacial score (nSPS) is 24.8.